The predicted octanol–water partition coefficient (Wildman–Crippen LogP) is 13.2. The van der Waals surface area contributed by atoms with Gasteiger partial charge in [0.2, 0.25) is 0 Å². The number of hydrogen-bond donors (Lipinski definition) is 0. The Morgan fingerprint density at radius 3 is 1.71 bits per heavy atom. The minimum atomic E-state index is 0.612. The van der Waals surface area contributed by atoms with Gasteiger partial charge < -0.3 is 8.98 Å². The zero-order chi connectivity index (χ0) is 37.0. The Bertz CT molecular complexity index is 3250. The van der Waals surface area contributed by atoms with E-state index in [9.17, 15) is 0 Å². The molecule has 0 aliphatic rings. The van der Waals surface area contributed by atoms with E-state index in [1.807, 2.05) is 48.5 Å². The number of hydrogen-bond acceptors (Lipinski definition) is 4. The lowest BCUT2D eigenvalue weighted by molar-refractivity contribution is 0.669. The summed E-state index contributed by atoms with van der Waals surface area (Å²) >= 11 is 0. The highest BCUT2D eigenvalue weighted by Crippen LogP contribution is 2.40. The van der Waals surface area contributed by atoms with Gasteiger partial charge in [-0.25, -0.2) is 15.0 Å². The highest BCUT2D eigenvalue weighted by atomic mass is 16.3. The molecule has 0 atom stereocenters. The van der Waals surface area contributed by atoms with Gasteiger partial charge in [0, 0.05) is 43.9 Å². The van der Waals surface area contributed by atoms with Crippen molar-refractivity contribution in [1.82, 2.24) is 19.5 Å². The van der Waals surface area contributed by atoms with Gasteiger partial charge in [0.15, 0.2) is 17.5 Å². The first-order valence-electron chi connectivity index (χ1n) is 18.8. The first-order chi connectivity index (χ1) is 27.7. The van der Waals surface area contributed by atoms with Crippen molar-refractivity contribution in [2.24, 2.45) is 0 Å². The van der Waals surface area contributed by atoms with Gasteiger partial charge >= 0.3 is 0 Å². The fourth-order valence-corrected chi connectivity index (χ4v) is 8.03. The summed E-state index contributed by atoms with van der Waals surface area (Å²) in [5.74, 6) is 1.86. The van der Waals surface area contributed by atoms with E-state index in [2.05, 4.69) is 150 Å². The van der Waals surface area contributed by atoms with Crippen LogP contribution < -0.4 is 0 Å². The molecular formula is C51H32N4O. The lowest BCUT2D eigenvalue weighted by Gasteiger charge is -2.12. The first-order valence-corrected chi connectivity index (χ1v) is 18.8. The molecule has 8 aromatic carbocycles. The van der Waals surface area contributed by atoms with Crippen LogP contribution in [0.5, 0.6) is 0 Å². The number of rotatable bonds is 6. The van der Waals surface area contributed by atoms with Crippen molar-refractivity contribution < 1.29 is 4.42 Å². The molecule has 0 amide bonds. The van der Waals surface area contributed by atoms with Gasteiger partial charge in [0.25, 0.3) is 0 Å². The van der Waals surface area contributed by atoms with Crippen molar-refractivity contribution in [1.29, 1.82) is 0 Å². The number of furan rings is 1. The Kier molecular flexibility index (Phi) is 7.42. The van der Waals surface area contributed by atoms with E-state index in [4.69, 9.17) is 19.4 Å². The molecule has 0 saturated heterocycles. The molecule has 0 saturated carbocycles. The van der Waals surface area contributed by atoms with Gasteiger partial charge in [-0.1, -0.05) is 152 Å². The second-order valence-corrected chi connectivity index (χ2v) is 14.0. The summed E-state index contributed by atoms with van der Waals surface area (Å²) in [6, 6.07) is 67.5. The van der Waals surface area contributed by atoms with Crippen molar-refractivity contribution in [3.8, 4) is 62.1 Å². The lowest BCUT2D eigenvalue weighted by atomic mass is 9.98. The van der Waals surface area contributed by atoms with Crippen LogP contribution in [0.25, 0.3) is 106 Å². The van der Waals surface area contributed by atoms with E-state index in [0.29, 0.717) is 17.5 Å². The zero-order valence-corrected chi connectivity index (χ0v) is 30.2. The summed E-state index contributed by atoms with van der Waals surface area (Å²) in [5, 5.41) is 4.62. The standard InChI is InChI=1S/C51H32N4O/c1-3-14-33(15-4-1)35-18-11-19-37(30-35)50-52-49(34-16-5-2-6-17-34)53-51(54-50)38-20-12-21-39(31-38)55-44-25-9-7-22-41(44)42-29-28-36(32-45(42)55)40-24-13-27-47-48(40)43-23-8-10-26-46(43)56-47/h1-32H. The summed E-state index contributed by atoms with van der Waals surface area (Å²) in [6.07, 6.45) is 0. The third kappa shape index (κ3) is 5.37. The Morgan fingerprint density at radius 1 is 0.339 bits per heavy atom. The normalized spacial score (nSPS) is 11.6. The Morgan fingerprint density at radius 2 is 0.911 bits per heavy atom. The number of para-hydroxylation sites is 2. The van der Waals surface area contributed by atoms with Crippen LogP contribution in [0, 0.1) is 0 Å². The molecule has 5 nitrogen and oxygen atoms in total. The van der Waals surface area contributed by atoms with Crippen LogP contribution in [-0.4, -0.2) is 19.5 Å². The van der Waals surface area contributed by atoms with Crippen molar-refractivity contribution in [3.05, 3.63) is 194 Å². The molecule has 0 fully saturated rings. The lowest BCUT2D eigenvalue weighted by Crippen LogP contribution is -2.01. The molecule has 0 radical (unpaired) electrons. The number of aromatic nitrogens is 4. The van der Waals surface area contributed by atoms with Crippen molar-refractivity contribution in [2.75, 3.05) is 0 Å². The van der Waals surface area contributed by atoms with Gasteiger partial charge in [-0.2, -0.15) is 0 Å². The Labute approximate surface area is 322 Å². The second-order valence-electron chi connectivity index (χ2n) is 14.0. The molecule has 0 unspecified atom stereocenters. The van der Waals surface area contributed by atoms with Gasteiger partial charge in [-0.05, 0) is 64.7 Å². The molecule has 11 aromatic rings. The molecule has 5 heteroatoms. The molecule has 0 spiro atoms. The fraction of sp³-hybridized carbons (Fsp3) is 0. The summed E-state index contributed by atoms with van der Waals surface area (Å²) in [7, 11) is 0. The minimum absolute atomic E-state index is 0.612. The second kappa shape index (κ2) is 13.0. The summed E-state index contributed by atoms with van der Waals surface area (Å²) in [4.78, 5) is 15.3. The Hall–Kier alpha value is -7.63. The maximum atomic E-state index is 6.28. The zero-order valence-electron chi connectivity index (χ0n) is 30.2. The monoisotopic (exact) mass is 716 g/mol. The van der Waals surface area contributed by atoms with Crippen molar-refractivity contribution in [3.63, 3.8) is 0 Å². The average molecular weight is 717 g/mol. The number of fused-ring (bicyclic) bond motifs is 6. The van der Waals surface area contributed by atoms with E-state index in [0.717, 1.165) is 77.6 Å². The van der Waals surface area contributed by atoms with Crippen LogP contribution in [-0.2, 0) is 0 Å². The van der Waals surface area contributed by atoms with Crippen LogP contribution in [0.4, 0.5) is 0 Å². The molecule has 0 N–H and O–H groups in total. The van der Waals surface area contributed by atoms with Crippen LogP contribution in [0.3, 0.4) is 0 Å². The van der Waals surface area contributed by atoms with E-state index >= 15 is 0 Å². The molecule has 0 aliphatic heterocycles. The van der Waals surface area contributed by atoms with Gasteiger partial charge in [-0.3, -0.25) is 0 Å². The highest BCUT2D eigenvalue weighted by molar-refractivity contribution is 6.14. The summed E-state index contributed by atoms with van der Waals surface area (Å²) < 4.78 is 8.63. The van der Waals surface area contributed by atoms with Crippen molar-refractivity contribution in [2.45, 2.75) is 0 Å². The van der Waals surface area contributed by atoms with Gasteiger partial charge in [0.1, 0.15) is 11.2 Å². The third-order valence-corrected chi connectivity index (χ3v) is 10.6. The smallest absolute Gasteiger partial charge is 0.164 e. The van der Waals surface area contributed by atoms with Crippen LogP contribution >= 0.6 is 0 Å². The quantitative estimate of drug-likeness (QED) is 0.172. The average Bonchev–Trinajstić information content (AvgIpc) is 3.83. The molecule has 3 heterocycles. The van der Waals surface area contributed by atoms with Crippen molar-refractivity contribution >= 4 is 43.7 Å². The van der Waals surface area contributed by atoms with E-state index in [1.54, 1.807) is 0 Å². The molecule has 262 valence electrons. The SMILES string of the molecule is c1ccc(-c2cccc(-c3nc(-c4ccccc4)nc(-c4cccc(-n5c6ccccc6c6ccc(-c7cccc8oc9ccccc9c78)cc65)c4)n3)c2)cc1. The molecule has 11 rings (SSSR count). The number of nitrogens with zero attached hydrogens (tertiary/aromatic N) is 4. The van der Waals surface area contributed by atoms with Crippen LogP contribution in [0.15, 0.2) is 199 Å². The van der Waals surface area contributed by atoms with E-state index in [-0.39, 0.29) is 0 Å². The minimum Gasteiger partial charge on any atom is -0.456 e. The largest absolute Gasteiger partial charge is 0.456 e. The predicted molar refractivity (Wildman–Crippen MR) is 229 cm³/mol. The van der Waals surface area contributed by atoms with Crippen LogP contribution in [0.1, 0.15) is 0 Å². The summed E-state index contributed by atoms with van der Waals surface area (Å²) in [5.41, 5.74) is 12.3. The molecule has 0 bridgehead atoms. The highest BCUT2D eigenvalue weighted by Gasteiger charge is 2.18. The fourth-order valence-electron chi connectivity index (χ4n) is 8.03. The van der Waals surface area contributed by atoms with E-state index in [1.165, 1.54) is 10.8 Å². The Balaban J connectivity index is 1.09. The van der Waals surface area contributed by atoms with E-state index < -0.39 is 0 Å². The molecule has 3 aromatic heterocycles. The van der Waals surface area contributed by atoms with Gasteiger partial charge in [-0.15, -0.1) is 0 Å². The number of benzene rings is 8. The third-order valence-electron chi connectivity index (χ3n) is 10.6. The molecule has 56 heavy (non-hydrogen) atoms. The maximum absolute atomic E-state index is 6.28. The van der Waals surface area contributed by atoms with Crippen LogP contribution in [0.2, 0.25) is 0 Å². The molecule has 0 aliphatic carbocycles. The maximum Gasteiger partial charge on any atom is 0.164 e. The summed E-state index contributed by atoms with van der Waals surface area (Å²) in [6.45, 7) is 0. The topological polar surface area (TPSA) is 56.7 Å². The molecular weight excluding hydrogens is 685 g/mol. The van der Waals surface area contributed by atoms with Gasteiger partial charge in [0.05, 0.1) is 11.0 Å². The first kappa shape index (κ1) is 31.9.